The van der Waals surface area contributed by atoms with Crippen LogP contribution < -0.4 is 0 Å². The van der Waals surface area contributed by atoms with Gasteiger partial charge in [0, 0.05) is 35.0 Å². The molecular formula is C24H17Cl2F6NO. The third kappa shape index (κ3) is 6.51. The number of hydrogen-bond donors (Lipinski definition) is 0. The highest BCUT2D eigenvalue weighted by molar-refractivity contribution is 6.35. The molecule has 1 heterocycles. The van der Waals surface area contributed by atoms with E-state index in [2.05, 4.69) is 4.98 Å². The van der Waals surface area contributed by atoms with Crippen LogP contribution in [0.3, 0.4) is 0 Å². The molecule has 0 N–H and O–H groups in total. The van der Waals surface area contributed by atoms with Gasteiger partial charge in [-0.3, -0.25) is 9.78 Å². The molecule has 10 heteroatoms. The first-order chi connectivity index (χ1) is 15.9. The fourth-order valence-corrected chi connectivity index (χ4v) is 4.04. The van der Waals surface area contributed by atoms with E-state index in [0.29, 0.717) is 15.6 Å². The second-order valence-electron chi connectivity index (χ2n) is 7.58. The van der Waals surface area contributed by atoms with Crippen LogP contribution in [0.15, 0.2) is 60.8 Å². The van der Waals surface area contributed by atoms with Gasteiger partial charge >= 0.3 is 12.4 Å². The summed E-state index contributed by atoms with van der Waals surface area (Å²) in [6.07, 6.45) is -8.40. The highest BCUT2D eigenvalue weighted by Gasteiger charge is 2.37. The maximum Gasteiger partial charge on any atom is 0.418 e. The number of halogens is 8. The summed E-state index contributed by atoms with van der Waals surface area (Å²) in [5.41, 5.74) is -1.66. The monoisotopic (exact) mass is 519 g/mol. The van der Waals surface area contributed by atoms with E-state index >= 15 is 0 Å². The standard InChI is InChI=1S/C24H17Cl2F6NO/c25-17-9-5-15(21(26)12-17)6-10-18(34)13-19(14-3-7-16(8-4-14)23(27,28)29)22-20(24(30,31)32)2-1-11-33-22/h1-5,7-9,11-12,19H,6,10,13H2/t19-/m0/s1. The molecular weight excluding hydrogens is 503 g/mol. The van der Waals surface area contributed by atoms with Crippen LogP contribution in [0, 0.1) is 0 Å². The molecule has 0 unspecified atom stereocenters. The molecule has 34 heavy (non-hydrogen) atoms. The van der Waals surface area contributed by atoms with Gasteiger partial charge in [-0.1, -0.05) is 41.4 Å². The topological polar surface area (TPSA) is 30.0 Å². The lowest BCUT2D eigenvalue weighted by atomic mass is 9.86. The van der Waals surface area contributed by atoms with E-state index in [-0.39, 0.29) is 24.8 Å². The molecule has 0 aliphatic rings. The predicted molar refractivity (Wildman–Crippen MR) is 117 cm³/mol. The molecule has 3 aromatic rings. The Morgan fingerprint density at radius 1 is 0.912 bits per heavy atom. The highest BCUT2D eigenvalue weighted by atomic mass is 35.5. The fourth-order valence-electron chi connectivity index (χ4n) is 3.54. The number of carbonyl (C=O) groups is 1. The van der Waals surface area contributed by atoms with Crippen molar-refractivity contribution in [2.45, 2.75) is 37.5 Å². The van der Waals surface area contributed by atoms with E-state index in [1.165, 1.54) is 6.07 Å². The fraction of sp³-hybridized carbons (Fsp3) is 0.250. The number of benzene rings is 2. The molecule has 180 valence electrons. The first kappa shape index (κ1) is 26.0. The van der Waals surface area contributed by atoms with Crippen LogP contribution in [0.2, 0.25) is 10.0 Å². The Morgan fingerprint density at radius 3 is 2.18 bits per heavy atom. The number of aryl methyl sites for hydroxylation is 1. The minimum atomic E-state index is -4.76. The lowest BCUT2D eigenvalue weighted by Gasteiger charge is -2.21. The van der Waals surface area contributed by atoms with Gasteiger partial charge in [-0.25, -0.2) is 0 Å². The van der Waals surface area contributed by atoms with Crippen LogP contribution >= 0.6 is 23.2 Å². The van der Waals surface area contributed by atoms with Gasteiger partial charge in [-0.15, -0.1) is 0 Å². The summed E-state index contributed by atoms with van der Waals surface area (Å²) in [7, 11) is 0. The summed E-state index contributed by atoms with van der Waals surface area (Å²) in [4.78, 5) is 16.6. The summed E-state index contributed by atoms with van der Waals surface area (Å²) < 4.78 is 79.8. The van der Waals surface area contributed by atoms with E-state index in [9.17, 15) is 31.1 Å². The Hall–Kier alpha value is -2.58. The Balaban J connectivity index is 1.92. The molecule has 0 radical (unpaired) electrons. The number of ketones is 1. The lowest BCUT2D eigenvalue weighted by molar-refractivity contribution is -0.139. The Morgan fingerprint density at radius 2 is 1.59 bits per heavy atom. The molecule has 0 saturated heterocycles. The quantitative estimate of drug-likeness (QED) is 0.295. The van der Waals surface area contributed by atoms with Crippen molar-refractivity contribution < 1.29 is 31.1 Å². The van der Waals surface area contributed by atoms with Crippen molar-refractivity contribution in [2.24, 2.45) is 0 Å². The number of carbonyl (C=O) groups excluding carboxylic acids is 1. The van der Waals surface area contributed by atoms with Gasteiger partial charge in [0.1, 0.15) is 5.78 Å². The van der Waals surface area contributed by atoms with Gasteiger partial charge in [-0.2, -0.15) is 26.3 Å². The molecule has 1 atom stereocenters. The minimum Gasteiger partial charge on any atom is -0.300 e. The molecule has 0 aliphatic heterocycles. The lowest BCUT2D eigenvalue weighted by Crippen LogP contribution is -2.17. The third-order valence-corrected chi connectivity index (χ3v) is 5.82. The number of alkyl halides is 6. The zero-order valence-electron chi connectivity index (χ0n) is 17.4. The number of Topliss-reactive ketones (excluding diaryl/α,β-unsaturated/α-hetero) is 1. The Labute approximate surface area is 201 Å². The minimum absolute atomic E-state index is 0.0350. The first-order valence-electron chi connectivity index (χ1n) is 10.0. The molecule has 0 spiro atoms. The van der Waals surface area contributed by atoms with Crippen LogP contribution in [0.4, 0.5) is 26.3 Å². The molecule has 0 aliphatic carbocycles. The van der Waals surface area contributed by atoms with E-state index in [0.717, 1.165) is 42.6 Å². The number of hydrogen-bond acceptors (Lipinski definition) is 2. The SMILES string of the molecule is O=C(CCc1ccc(Cl)cc1Cl)C[C@@H](c1ccc(C(F)(F)F)cc1)c1ncccc1C(F)(F)F. The zero-order valence-corrected chi connectivity index (χ0v) is 18.9. The van der Waals surface area contributed by atoms with E-state index < -0.39 is 40.9 Å². The summed E-state index contributed by atoms with van der Waals surface area (Å²) >= 11 is 12.0. The van der Waals surface area contributed by atoms with E-state index in [1.54, 1.807) is 12.1 Å². The molecule has 0 amide bonds. The molecule has 2 aromatic carbocycles. The smallest absolute Gasteiger partial charge is 0.300 e. The van der Waals surface area contributed by atoms with Gasteiger partial charge in [0.15, 0.2) is 0 Å². The van der Waals surface area contributed by atoms with Crippen LogP contribution in [-0.2, 0) is 23.6 Å². The van der Waals surface area contributed by atoms with Crippen molar-refractivity contribution in [1.82, 2.24) is 4.98 Å². The van der Waals surface area contributed by atoms with Crippen LogP contribution in [0.1, 0.15) is 46.7 Å². The zero-order chi connectivity index (χ0) is 25.1. The van der Waals surface area contributed by atoms with Crippen molar-refractivity contribution in [3.05, 3.63) is 98.8 Å². The number of aromatic nitrogens is 1. The second kappa shape index (κ2) is 10.4. The summed E-state index contributed by atoms with van der Waals surface area (Å²) in [5.74, 6) is -1.58. The summed E-state index contributed by atoms with van der Waals surface area (Å²) in [6.45, 7) is 0. The van der Waals surface area contributed by atoms with Crippen LogP contribution in [-0.4, -0.2) is 10.8 Å². The third-order valence-electron chi connectivity index (χ3n) is 5.23. The summed E-state index contributed by atoms with van der Waals surface area (Å²) in [6, 6.07) is 10.4. The van der Waals surface area contributed by atoms with Crippen molar-refractivity contribution in [3.8, 4) is 0 Å². The largest absolute Gasteiger partial charge is 0.418 e. The van der Waals surface area contributed by atoms with Crippen LogP contribution in [0.5, 0.6) is 0 Å². The average Bonchev–Trinajstić information content (AvgIpc) is 2.76. The number of nitrogens with zero attached hydrogens (tertiary/aromatic N) is 1. The first-order valence-corrected chi connectivity index (χ1v) is 10.8. The maximum absolute atomic E-state index is 13.6. The Bertz CT molecular complexity index is 1160. The molecule has 2 nitrogen and oxygen atoms in total. The van der Waals surface area contributed by atoms with Crippen molar-refractivity contribution in [1.29, 1.82) is 0 Å². The molecule has 0 bridgehead atoms. The molecule has 3 rings (SSSR count). The van der Waals surface area contributed by atoms with E-state index in [4.69, 9.17) is 23.2 Å². The molecule has 0 saturated carbocycles. The summed E-state index contributed by atoms with van der Waals surface area (Å²) in [5, 5.41) is 0.765. The van der Waals surface area contributed by atoms with Crippen molar-refractivity contribution in [3.63, 3.8) is 0 Å². The van der Waals surface area contributed by atoms with E-state index in [1.807, 2.05) is 0 Å². The van der Waals surface area contributed by atoms with Gasteiger partial charge in [-0.05, 0) is 53.9 Å². The van der Waals surface area contributed by atoms with Gasteiger partial charge in [0.2, 0.25) is 0 Å². The number of rotatable bonds is 7. The second-order valence-corrected chi connectivity index (χ2v) is 8.43. The highest BCUT2D eigenvalue weighted by Crippen LogP contribution is 2.39. The average molecular weight is 520 g/mol. The normalized spacial score (nSPS) is 13.1. The molecule has 0 fully saturated rings. The number of pyridine rings is 1. The Kier molecular flexibility index (Phi) is 7.93. The van der Waals surface area contributed by atoms with Gasteiger partial charge in [0.05, 0.1) is 16.8 Å². The maximum atomic E-state index is 13.6. The van der Waals surface area contributed by atoms with Crippen molar-refractivity contribution in [2.75, 3.05) is 0 Å². The van der Waals surface area contributed by atoms with Crippen molar-refractivity contribution >= 4 is 29.0 Å². The predicted octanol–water partition coefficient (Wildman–Crippen LogP) is 8.15. The van der Waals surface area contributed by atoms with Crippen LogP contribution in [0.25, 0.3) is 0 Å². The van der Waals surface area contributed by atoms with Gasteiger partial charge < -0.3 is 0 Å². The van der Waals surface area contributed by atoms with Gasteiger partial charge in [0.25, 0.3) is 0 Å². The molecule has 1 aromatic heterocycles.